The van der Waals surface area contributed by atoms with Crippen LogP contribution in [0.15, 0.2) is 24.3 Å². The van der Waals surface area contributed by atoms with Crippen LogP contribution in [-0.4, -0.2) is 44.3 Å². The Kier molecular flexibility index (Phi) is 6.25. The summed E-state index contributed by atoms with van der Waals surface area (Å²) >= 11 is 0. The van der Waals surface area contributed by atoms with Gasteiger partial charge in [-0.05, 0) is 37.2 Å². The molecule has 0 aliphatic carbocycles. The van der Waals surface area contributed by atoms with E-state index in [1.807, 2.05) is 24.3 Å². The molecule has 1 atom stereocenters. The number of halogens is 1. The number of methoxy groups -OCH3 is 1. The van der Waals surface area contributed by atoms with Crippen LogP contribution in [0.2, 0.25) is 0 Å². The summed E-state index contributed by atoms with van der Waals surface area (Å²) in [6.07, 6.45) is 1.10. The minimum atomic E-state index is 0. The molecule has 18 heavy (non-hydrogen) atoms. The Morgan fingerprint density at radius 2 is 1.94 bits per heavy atom. The molecule has 1 fully saturated rings. The highest BCUT2D eigenvalue weighted by molar-refractivity contribution is 5.85. The van der Waals surface area contributed by atoms with E-state index in [-0.39, 0.29) is 12.4 Å². The molecule has 4 nitrogen and oxygen atoms in total. The molecule has 5 heteroatoms. The second-order valence-corrected chi connectivity index (χ2v) is 4.37. The third kappa shape index (κ3) is 4.37. The monoisotopic (exact) mass is 272 g/mol. The number of hydrogen-bond acceptors (Lipinski definition) is 4. The highest BCUT2D eigenvalue weighted by Crippen LogP contribution is 2.17. The van der Waals surface area contributed by atoms with Gasteiger partial charge >= 0.3 is 0 Å². The van der Waals surface area contributed by atoms with Gasteiger partial charge in [-0.2, -0.15) is 0 Å². The van der Waals surface area contributed by atoms with Crippen molar-refractivity contribution in [2.75, 3.05) is 33.4 Å². The van der Waals surface area contributed by atoms with Gasteiger partial charge < -0.3 is 15.2 Å². The summed E-state index contributed by atoms with van der Waals surface area (Å²) in [4.78, 5) is 2.34. The van der Waals surface area contributed by atoms with E-state index in [0.29, 0.717) is 12.6 Å². The van der Waals surface area contributed by atoms with E-state index in [1.54, 1.807) is 7.11 Å². The molecule has 102 valence electrons. The predicted octanol–water partition coefficient (Wildman–Crippen LogP) is 1.53. The first-order chi connectivity index (χ1) is 8.28. The minimum Gasteiger partial charge on any atom is -0.497 e. The van der Waals surface area contributed by atoms with Gasteiger partial charge in [0.05, 0.1) is 7.11 Å². The number of nitrogens with two attached hydrogens (primary N) is 1. The lowest BCUT2D eigenvalue weighted by molar-refractivity contribution is 0.236. The molecule has 0 saturated carbocycles. The molecular weight excluding hydrogens is 252 g/mol. The third-order valence-electron chi connectivity index (χ3n) is 3.04. The third-order valence-corrected chi connectivity index (χ3v) is 3.04. The quantitative estimate of drug-likeness (QED) is 0.883. The van der Waals surface area contributed by atoms with Gasteiger partial charge in [0.25, 0.3) is 0 Å². The SMILES string of the molecule is COc1ccc(OCCN2CCC(N)C2)cc1.Cl. The topological polar surface area (TPSA) is 47.7 Å². The molecule has 1 unspecified atom stereocenters. The number of ether oxygens (including phenoxy) is 2. The van der Waals surface area contributed by atoms with Crippen molar-refractivity contribution in [3.63, 3.8) is 0 Å². The Morgan fingerprint density at radius 3 is 2.50 bits per heavy atom. The maximum Gasteiger partial charge on any atom is 0.119 e. The van der Waals surface area contributed by atoms with Crippen LogP contribution in [-0.2, 0) is 0 Å². The van der Waals surface area contributed by atoms with E-state index in [4.69, 9.17) is 15.2 Å². The molecule has 1 aliphatic heterocycles. The highest BCUT2D eigenvalue weighted by atomic mass is 35.5. The zero-order valence-corrected chi connectivity index (χ0v) is 11.5. The number of likely N-dealkylation sites (tertiary alicyclic amines) is 1. The summed E-state index contributed by atoms with van der Waals surface area (Å²) in [6, 6.07) is 8.00. The predicted molar refractivity (Wildman–Crippen MR) is 74.8 cm³/mol. The molecule has 1 aromatic rings. The Morgan fingerprint density at radius 1 is 1.28 bits per heavy atom. The summed E-state index contributed by atoms with van der Waals surface area (Å²) in [5.41, 5.74) is 5.84. The zero-order valence-electron chi connectivity index (χ0n) is 10.7. The highest BCUT2D eigenvalue weighted by Gasteiger charge is 2.18. The lowest BCUT2D eigenvalue weighted by Gasteiger charge is -2.15. The molecule has 2 N–H and O–H groups in total. The second-order valence-electron chi connectivity index (χ2n) is 4.37. The number of hydrogen-bond donors (Lipinski definition) is 1. The molecule has 1 aliphatic rings. The second kappa shape index (κ2) is 7.46. The van der Waals surface area contributed by atoms with E-state index in [0.717, 1.165) is 37.6 Å². The summed E-state index contributed by atoms with van der Waals surface area (Å²) in [7, 11) is 1.66. The van der Waals surface area contributed by atoms with Gasteiger partial charge in [-0.15, -0.1) is 12.4 Å². The standard InChI is InChI=1S/C13H20N2O2.ClH/c1-16-12-2-4-13(5-3-12)17-9-8-15-7-6-11(14)10-15;/h2-5,11H,6-10,14H2,1H3;1H. The van der Waals surface area contributed by atoms with Gasteiger partial charge in [0.1, 0.15) is 18.1 Å². The fourth-order valence-corrected chi connectivity index (χ4v) is 2.03. The molecule has 0 radical (unpaired) electrons. The molecule has 0 amide bonds. The van der Waals surface area contributed by atoms with Crippen LogP contribution < -0.4 is 15.2 Å². The summed E-state index contributed by atoms with van der Waals surface area (Å²) in [5, 5.41) is 0. The van der Waals surface area contributed by atoms with E-state index in [2.05, 4.69) is 4.90 Å². The normalized spacial score (nSPS) is 19.3. The number of rotatable bonds is 5. The van der Waals surface area contributed by atoms with Crippen LogP contribution in [0.1, 0.15) is 6.42 Å². The van der Waals surface area contributed by atoms with Gasteiger partial charge in [0.15, 0.2) is 0 Å². The van der Waals surface area contributed by atoms with E-state index >= 15 is 0 Å². The van der Waals surface area contributed by atoms with Gasteiger partial charge in [-0.25, -0.2) is 0 Å². The summed E-state index contributed by atoms with van der Waals surface area (Å²) < 4.78 is 10.8. The van der Waals surface area contributed by atoms with Crippen LogP contribution in [0.25, 0.3) is 0 Å². The van der Waals surface area contributed by atoms with Crippen LogP contribution in [0.4, 0.5) is 0 Å². The molecule has 1 heterocycles. The van der Waals surface area contributed by atoms with Crippen LogP contribution >= 0.6 is 12.4 Å². The van der Waals surface area contributed by atoms with Crippen LogP contribution in [0.3, 0.4) is 0 Å². The summed E-state index contributed by atoms with van der Waals surface area (Å²) in [5.74, 6) is 1.73. The van der Waals surface area contributed by atoms with Gasteiger partial charge in [-0.3, -0.25) is 4.90 Å². The van der Waals surface area contributed by atoms with Crippen molar-refractivity contribution < 1.29 is 9.47 Å². The van der Waals surface area contributed by atoms with Crippen molar-refractivity contribution in [3.05, 3.63) is 24.3 Å². The average molecular weight is 273 g/mol. The van der Waals surface area contributed by atoms with Crippen LogP contribution in [0.5, 0.6) is 11.5 Å². The first kappa shape index (κ1) is 15.1. The Hall–Kier alpha value is -0.970. The Bertz CT molecular complexity index is 345. The van der Waals surface area contributed by atoms with E-state index < -0.39 is 0 Å². The van der Waals surface area contributed by atoms with Gasteiger partial charge in [0.2, 0.25) is 0 Å². The molecular formula is C13H21ClN2O2. The lowest BCUT2D eigenvalue weighted by atomic mass is 10.3. The smallest absolute Gasteiger partial charge is 0.119 e. The first-order valence-electron chi connectivity index (χ1n) is 6.03. The van der Waals surface area contributed by atoms with Gasteiger partial charge in [-0.1, -0.05) is 0 Å². The van der Waals surface area contributed by atoms with E-state index in [1.165, 1.54) is 0 Å². The van der Waals surface area contributed by atoms with Crippen molar-refractivity contribution >= 4 is 12.4 Å². The average Bonchev–Trinajstić information content (AvgIpc) is 2.76. The Balaban J connectivity index is 0.00000162. The van der Waals surface area contributed by atoms with Crippen molar-refractivity contribution in [2.45, 2.75) is 12.5 Å². The van der Waals surface area contributed by atoms with Crippen LogP contribution in [0, 0.1) is 0 Å². The maximum atomic E-state index is 5.84. The summed E-state index contributed by atoms with van der Waals surface area (Å²) in [6.45, 7) is 3.73. The first-order valence-corrected chi connectivity index (χ1v) is 6.03. The molecule has 1 aromatic carbocycles. The molecule has 0 spiro atoms. The molecule has 0 aromatic heterocycles. The molecule has 0 bridgehead atoms. The molecule has 1 saturated heterocycles. The fourth-order valence-electron chi connectivity index (χ4n) is 2.03. The number of nitrogens with zero attached hydrogens (tertiary/aromatic N) is 1. The minimum absolute atomic E-state index is 0. The maximum absolute atomic E-state index is 5.84. The van der Waals surface area contributed by atoms with Crippen molar-refractivity contribution in [1.29, 1.82) is 0 Å². The van der Waals surface area contributed by atoms with Crippen molar-refractivity contribution in [3.8, 4) is 11.5 Å². The number of benzene rings is 1. The van der Waals surface area contributed by atoms with Crippen molar-refractivity contribution in [2.24, 2.45) is 5.73 Å². The Labute approximate surface area is 114 Å². The zero-order chi connectivity index (χ0) is 12.1. The van der Waals surface area contributed by atoms with E-state index in [9.17, 15) is 0 Å². The van der Waals surface area contributed by atoms with Gasteiger partial charge in [0, 0.05) is 19.1 Å². The largest absolute Gasteiger partial charge is 0.497 e. The molecule has 2 rings (SSSR count). The lowest BCUT2D eigenvalue weighted by Crippen LogP contribution is -2.29. The fraction of sp³-hybridized carbons (Fsp3) is 0.538. The van der Waals surface area contributed by atoms with Crippen molar-refractivity contribution in [1.82, 2.24) is 4.90 Å².